The van der Waals surface area contributed by atoms with Crippen molar-refractivity contribution in [3.8, 4) is 0 Å². The molecule has 0 saturated carbocycles. The van der Waals surface area contributed by atoms with Crippen molar-refractivity contribution >= 4 is 46.4 Å². The van der Waals surface area contributed by atoms with Gasteiger partial charge in [0.2, 0.25) is 11.7 Å². The number of aliphatic hydroxyl groups excluding tert-OH is 1. The topological polar surface area (TPSA) is 156 Å². The van der Waals surface area contributed by atoms with E-state index in [9.17, 15) is 19.5 Å². The zero-order valence-corrected chi connectivity index (χ0v) is 14.8. The quantitative estimate of drug-likeness (QED) is 0.284. The summed E-state index contributed by atoms with van der Waals surface area (Å²) < 4.78 is 0. The van der Waals surface area contributed by atoms with E-state index in [1.54, 1.807) is 24.4 Å². The Bertz CT molecular complexity index is 919. The highest BCUT2D eigenvalue weighted by Crippen LogP contribution is 2.23. The number of aromatic amines is 1. The Morgan fingerprint density at radius 2 is 2.11 bits per heavy atom. The van der Waals surface area contributed by atoms with Gasteiger partial charge in [-0.05, 0) is 24.1 Å². The number of benzene rings is 1. The zero-order valence-electron chi connectivity index (χ0n) is 14.1. The molecule has 2 aromatic rings. The molecule has 1 amide bonds. The molecule has 0 saturated heterocycles. The van der Waals surface area contributed by atoms with E-state index in [1.165, 1.54) is 0 Å². The second-order valence-corrected chi connectivity index (χ2v) is 6.31. The smallest absolute Gasteiger partial charge is 0.326 e. The second-order valence-electron chi connectivity index (χ2n) is 5.87. The number of hydrogen-bond donors (Lipinski definition) is 4. The van der Waals surface area contributed by atoms with Gasteiger partial charge in [-0.2, -0.15) is 4.79 Å². The molecule has 27 heavy (non-hydrogen) atoms. The van der Waals surface area contributed by atoms with Crippen molar-refractivity contribution in [1.82, 2.24) is 10.3 Å². The predicted octanol–water partition coefficient (Wildman–Crippen LogP) is 0.944. The lowest BCUT2D eigenvalue weighted by atomic mass is 10.0. The predicted molar refractivity (Wildman–Crippen MR) is 96.5 cm³/mol. The number of amides is 1. The van der Waals surface area contributed by atoms with Crippen LogP contribution in [0.1, 0.15) is 18.4 Å². The fourth-order valence-corrected chi connectivity index (χ4v) is 2.74. The van der Waals surface area contributed by atoms with E-state index in [0.29, 0.717) is 16.8 Å². The molecule has 0 unspecified atom stereocenters. The van der Waals surface area contributed by atoms with E-state index in [2.05, 4.69) is 15.1 Å². The molecule has 4 N–H and O–H groups in total. The maximum absolute atomic E-state index is 12.1. The molecule has 0 spiro atoms. The van der Waals surface area contributed by atoms with Gasteiger partial charge in [-0.3, -0.25) is 9.59 Å². The van der Waals surface area contributed by atoms with Gasteiger partial charge in [0.1, 0.15) is 12.1 Å². The molecule has 0 fully saturated rings. The Labute approximate surface area is 158 Å². The minimum atomic E-state index is -1.48. The fraction of sp³-hybridized carbons (Fsp3) is 0.294. The van der Waals surface area contributed by atoms with Crippen LogP contribution in [-0.4, -0.2) is 56.0 Å². The summed E-state index contributed by atoms with van der Waals surface area (Å²) >= 11 is 5.91. The molecular weight excluding hydrogens is 376 g/mol. The number of rotatable bonds is 9. The highest BCUT2D eigenvalue weighted by atomic mass is 35.5. The number of aliphatic hydroxyl groups is 1. The first-order chi connectivity index (χ1) is 12.8. The van der Waals surface area contributed by atoms with Crippen molar-refractivity contribution in [2.24, 2.45) is 0 Å². The number of aliphatic carboxylic acids is 1. The number of aromatic nitrogens is 1. The normalized spacial score (nSPS) is 12.8. The molecule has 2 atom stereocenters. The standard InChI is InChI=1S/C17H17ClN4O5/c18-10-1-3-12-9(7-20-14(12)6-10)5-15(24)16(25)22-13(17(26)27)4-2-11(23)8-21-19/h1,3,6-8,13,15,20,24H,2,4-5H2,(H,22,25)(H,26,27)/t13-,15-/m0/s1. The van der Waals surface area contributed by atoms with Gasteiger partial charge in [0.05, 0.1) is 0 Å². The van der Waals surface area contributed by atoms with Crippen LogP contribution in [-0.2, 0) is 20.8 Å². The summed E-state index contributed by atoms with van der Waals surface area (Å²) in [5, 5.41) is 22.8. The molecule has 0 bridgehead atoms. The number of carboxylic acid groups (broad SMARTS) is 1. The van der Waals surface area contributed by atoms with Gasteiger partial charge in [0, 0.05) is 35.0 Å². The average molecular weight is 393 g/mol. The van der Waals surface area contributed by atoms with Gasteiger partial charge in [0.25, 0.3) is 0 Å². The molecule has 0 aliphatic heterocycles. The summed E-state index contributed by atoms with van der Waals surface area (Å²) in [6.07, 6.45) is 0.342. The molecule has 1 aromatic carbocycles. The summed E-state index contributed by atoms with van der Waals surface area (Å²) in [6.45, 7) is 0. The molecule has 0 aliphatic carbocycles. The number of halogens is 1. The Hall–Kier alpha value is -3.00. The average Bonchev–Trinajstić information content (AvgIpc) is 3.00. The van der Waals surface area contributed by atoms with Crippen LogP contribution >= 0.6 is 11.6 Å². The lowest BCUT2D eigenvalue weighted by Crippen LogP contribution is -2.46. The van der Waals surface area contributed by atoms with Gasteiger partial charge in [-0.15, -0.1) is 0 Å². The van der Waals surface area contributed by atoms with Crippen LogP contribution < -0.4 is 5.32 Å². The third kappa shape index (κ3) is 5.49. The van der Waals surface area contributed by atoms with Gasteiger partial charge in [0.15, 0.2) is 0 Å². The van der Waals surface area contributed by atoms with Crippen molar-refractivity contribution < 1.29 is 29.4 Å². The van der Waals surface area contributed by atoms with Gasteiger partial charge in [-0.1, -0.05) is 17.7 Å². The van der Waals surface area contributed by atoms with Crippen LogP contribution in [0.3, 0.4) is 0 Å². The van der Waals surface area contributed by atoms with Crippen LogP contribution in [0.2, 0.25) is 5.02 Å². The third-order valence-corrected chi connectivity index (χ3v) is 4.18. The second kappa shape index (κ2) is 9.09. The number of ketones is 1. The Morgan fingerprint density at radius 3 is 2.78 bits per heavy atom. The largest absolute Gasteiger partial charge is 0.480 e. The number of fused-ring (bicyclic) bond motifs is 1. The van der Waals surface area contributed by atoms with Crippen LogP contribution in [0.4, 0.5) is 0 Å². The first-order valence-electron chi connectivity index (χ1n) is 7.99. The molecule has 0 aliphatic rings. The number of Topliss-reactive ketones (excluding diaryl/α,β-unsaturated/α-hetero) is 1. The molecular formula is C17H17ClN4O5. The molecule has 2 rings (SSSR count). The number of nitrogens with one attached hydrogen (secondary N) is 2. The van der Waals surface area contributed by atoms with E-state index >= 15 is 0 Å². The maximum Gasteiger partial charge on any atom is 0.326 e. The lowest BCUT2D eigenvalue weighted by Gasteiger charge is -2.16. The molecule has 1 aromatic heterocycles. The molecule has 0 radical (unpaired) electrons. The zero-order chi connectivity index (χ0) is 20.0. The van der Waals surface area contributed by atoms with Crippen LogP contribution in [0.5, 0.6) is 0 Å². The van der Waals surface area contributed by atoms with Gasteiger partial charge in [-0.25, -0.2) is 4.79 Å². The SMILES string of the molecule is [N-]=[N+]=CC(=O)CC[C@H](NC(=O)[C@@H](O)Cc1c[nH]c2cc(Cl)ccc12)C(=O)O. The van der Waals surface area contributed by atoms with E-state index in [0.717, 1.165) is 10.9 Å². The molecule has 1 heterocycles. The van der Waals surface area contributed by atoms with E-state index < -0.39 is 29.8 Å². The molecule has 9 nitrogen and oxygen atoms in total. The highest BCUT2D eigenvalue weighted by molar-refractivity contribution is 6.31. The van der Waals surface area contributed by atoms with Crippen molar-refractivity contribution in [3.05, 3.63) is 40.5 Å². The number of carbonyl (C=O) groups is 3. The van der Waals surface area contributed by atoms with E-state index in [4.69, 9.17) is 22.2 Å². The molecule has 10 heteroatoms. The highest BCUT2D eigenvalue weighted by Gasteiger charge is 2.25. The first-order valence-corrected chi connectivity index (χ1v) is 8.36. The summed E-state index contributed by atoms with van der Waals surface area (Å²) in [5.41, 5.74) is 9.68. The van der Waals surface area contributed by atoms with Crippen molar-refractivity contribution in [2.45, 2.75) is 31.4 Å². The summed E-state index contributed by atoms with van der Waals surface area (Å²) in [5.74, 6) is -2.80. The van der Waals surface area contributed by atoms with Crippen molar-refractivity contribution in [2.75, 3.05) is 0 Å². The van der Waals surface area contributed by atoms with Crippen molar-refractivity contribution in [1.29, 1.82) is 0 Å². The first kappa shape index (κ1) is 20.3. The van der Waals surface area contributed by atoms with Gasteiger partial charge >= 0.3 is 12.2 Å². The number of H-pyrrole nitrogens is 1. The molecule has 142 valence electrons. The Morgan fingerprint density at radius 1 is 1.37 bits per heavy atom. The number of carboxylic acids is 1. The van der Waals surface area contributed by atoms with E-state index in [-0.39, 0.29) is 19.3 Å². The number of hydrogen-bond acceptors (Lipinski definition) is 4. The number of nitrogens with zero attached hydrogens (tertiary/aromatic N) is 2. The van der Waals surface area contributed by atoms with Crippen LogP contribution in [0.15, 0.2) is 24.4 Å². The van der Waals surface area contributed by atoms with E-state index in [1.807, 2.05) is 0 Å². The van der Waals surface area contributed by atoms with Crippen LogP contribution in [0, 0.1) is 0 Å². The van der Waals surface area contributed by atoms with Gasteiger partial charge < -0.3 is 26.0 Å². The van der Waals surface area contributed by atoms with Crippen LogP contribution in [0.25, 0.3) is 16.4 Å². The Balaban J connectivity index is 2.00. The maximum atomic E-state index is 12.1. The Kier molecular flexibility index (Phi) is 6.84. The minimum absolute atomic E-state index is 0.0318. The fourth-order valence-electron chi connectivity index (χ4n) is 2.57. The number of carbonyl (C=O) groups excluding carboxylic acids is 2. The van der Waals surface area contributed by atoms with Crippen molar-refractivity contribution in [3.63, 3.8) is 0 Å². The summed E-state index contributed by atoms with van der Waals surface area (Å²) in [7, 11) is 0. The summed E-state index contributed by atoms with van der Waals surface area (Å²) in [4.78, 5) is 40.2. The lowest BCUT2D eigenvalue weighted by molar-refractivity contribution is -0.143. The monoisotopic (exact) mass is 392 g/mol. The third-order valence-electron chi connectivity index (χ3n) is 3.94. The summed E-state index contributed by atoms with van der Waals surface area (Å²) in [6, 6.07) is 3.79. The minimum Gasteiger partial charge on any atom is -0.480 e.